The summed E-state index contributed by atoms with van der Waals surface area (Å²) in [5.41, 5.74) is 2.78. The molecule has 2 aromatic rings. The molecule has 0 saturated heterocycles. The van der Waals surface area contributed by atoms with Gasteiger partial charge in [0.2, 0.25) is 0 Å². The summed E-state index contributed by atoms with van der Waals surface area (Å²) in [5, 5.41) is 15.1. The first-order valence-corrected chi connectivity index (χ1v) is 8.42. The van der Waals surface area contributed by atoms with Gasteiger partial charge in [0.05, 0.1) is 18.6 Å². The van der Waals surface area contributed by atoms with Crippen LogP contribution in [-0.4, -0.2) is 33.0 Å². The molecule has 1 heterocycles. The minimum Gasteiger partial charge on any atom is -0.480 e. The van der Waals surface area contributed by atoms with Gasteiger partial charge in [0.15, 0.2) is 0 Å². The van der Waals surface area contributed by atoms with Crippen LogP contribution in [0.25, 0.3) is 6.08 Å². The molecule has 0 bridgehead atoms. The third-order valence-electron chi connectivity index (χ3n) is 3.86. The van der Waals surface area contributed by atoms with Crippen molar-refractivity contribution in [2.24, 2.45) is 5.92 Å². The molecule has 0 saturated carbocycles. The molecule has 26 heavy (non-hydrogen) atoms. The Balaban J connectivity index is 2.11. The van der Waals surface area contributed by atoms with E-state index in [-0.39, 0.29) is 5.92 Å². The van der Waals surface area contributed by atoms with Gasteiger partial charge in [-0.25, -0.2) is 9.78 Å². The van der Waals surface area contributed by atoms with Gasteiger partial charge in [-0.15, -0.1) is 0 Å². The van der Waals surface area contributed by atoms with E-state index >= 15 is 0 Å². The second-order valence-electron chi connectivity index (χ2n) is 6.43. The van der Waals surface area contributed by atoms with E-state index in [1.165, 1.54) is 0 Å². The number of carbonyl (C=O) groups excluding carboxylic acids is 1. The molecule has 0 radical (unpaired) electrons. The summed E-state index contributed by atoms with van der Waals surface area (Å²) in [6, 6.07) is 4.32. The van der Waals surface area contributed by atoms with Gasteiger partial charge in [-0.3, -0.25) is 4.79 Å². The van der Waals surface area contributed by atoms with Crippen molar-refractivity contribution in [1.29, 1.82) is 0 Å². The first-order chi connectivity index (χ1) is 12.4. The number of aromatic amines is 1. The summed E-state index contributed by atoms with van der Waals surface area (Å²) in [4.78, 5) is 30.8. The third-order valence-corrected chi connectivity index (χ3v) is 3.86. The Morgan fingerprint density at radius 2 is 2.15 bits per heavy atom. The molecular weight excluding hydrogens is 332 g/mol. The van der Waals surface area contributed by atoms with Gasteiger partial charge in [0, 0.05) is 17.4 Å². The quantitative estimate of drug-likeness (QED) is 0.553. The molecule has 2 rings (SSSR count). The standard InChI is InChI=1S/C19H24N4O3/c1-4-13-8-14(21-10-15-9-20-11-22-15)5-6-16(13)18(24)23-17(19(25)26)7-12(2)3/h4-6,8-9,11-12,17,21H,1,7,10H2,2-3H3,(H,20,22)(H,23,24)(H,25,26)/t17-/m0/s1. The second-order valence-corrected chi connectivity index (χ2v) is 6.43. The lowest BCUT2D eigenvalue weighted by Gasteiger charge is -2.17. The summed E-state index contributed by atoms with van der Waals surface area (Å²) < 4.78 is 0. The maximum atomic E-state index is 12.5. The van der Waals surface area contributed by atoms with E-state index in [0.717, 1.165) is 11.4 Å². The first kappa shape index (κ1) is 19.2. The number of amides is 1. The molecule has 138 valence electrons. The molecule has 0 aliphatic carbocycles. The highest BCUT2D eigenvalue weighted by Gasteiger charge is 2.22. The number of nitrogens with one attached hydrogen (secondary N) is 3. The molecule has 7 heteroatoms. The van der Waals surface area contributed by atoms with Crippen LogP contribution in [0, 0.1) is 5.92 Å². The normalized spacial score (nSPS) is 11.8. The number of anilines is 1. The van der Waals surface area contributed by atoms with Gasteiger partial charge in [0.25, 0.3) is 5.91 Å². The predicted molar refractivity (Wildman–Crippen MR) is 101 cm³/mol. The van der Waals surface area contributed by atoms with Crippen molar-refractivity contribution >= 4 is 23.6 Å². The van der Waals surface area contributed by atoms with Crippen LogP contribution < -0.4 is 10.6 Å². The number of rotatable bonds is 9. The Bertz CT molecular complexity index is 769. The number of H-pyrrole nitrogens is 1. The first-order valence-electron chi connectivity index (χ1n) is 8.42. The Morgan fingerprint density at radius 3 is 2.73 bits per heavy atom. The van der Waals surface area contributed by atoms with Crippen LogP contribution in [0.15, 0.2) is 37.3 Å². The summed E-state index contributed by atoms with van der Waals surface area (Å²) in [7, 11) is 0. The zero-order valence-corrected chi connectivity index (χ0v) is 15.0. The molecule has 4 N–H and O–H groups in total. The number of carboxylic acids is 1. The molecule has 1 atom stereocenters. The second kappa shape index (κ2) is 8.84. The van der Waals surface area contributed by atoms with Crippen LogP contribution in [0.3, 0.4) is 0 Å². The molecule has 1 aromatic carbocycles. The average molecular weight is 356 g/mol. The van der Waals surface area contributed by atoms with Crippen LogP contribution in [0.4, 0.5) is 5.69 Å². The number of nitrogens with zero attached hydrogens (tertiary/aromatic N) is 1. The molecule has 0 aliphatic heterocycles. The zero-order chi connectivity index (χ0) is 19.1. The van der Waals surface area contributed by atoms with Crippen molar-refractivity contribution in [2.45, 2.75) is 32.9 Å². The number of imidazole rings is 1. The number of aromatic nitrogens is 2. The lowest BCUT2D eigenvalue weighted by molar-refractivity contribution is -0.139. The molecule has 7 nitrogen and oxygen atoms in total. The molecule has 0 fully saturated rings. The fourth-order valence-electron chi connectivity index (χ4n) is 2.56. The minimum absolute atomic E-state index is 0.157. The summed E-state index contributed by atoms with van der Waals surface area (Å²) >= 11 is 0. The largest absolute Gasteiger partial charge is 0.480 e. The van der Waals surface area contributed by atoms with Crippen molar-refractivity contribution in [2.75, 3.05) is 5.32 Å². The van der Waals surface area contributed by atoms with Gasteiger partial charge in [-0.1, -0.05) is 26.5 Å². The lowest BCUT2D eigenvalue weighted by Crippen LogP contribution is -2.41. The molecular formula is C19H24N4O3. The van der Waals surface area contributed by atoms with Crippen LogP contribution in [0.1, 0.15) is 41.9 Å². The van der Waals surface area contributed by atoms with Crippen molar-refractivity contribution in [3.8, 4) is 0 Å². The maximum absolute atomic E-state index is 12.5. The smallest absolute Gasteiger partial charge is 0.326 e. The van der Waals surface area contributed by atoms with E-state index in [1.807, 2.05) is 13.8 Å². The number of carboxylic acid groups (broad SMARTS) is 1. The van der Waals surface area contributed by atoms with Crippen molar-refractivity contribution in [3.63, 3.8) is 0 Å². The monoisotopic (exact) mass is 356 g/mol. The summed E-state index contributed by atoms with van der Waals surface area (Å²) in [5.74, 6) is -1.30. The fourth-order valence-corrected chi connectivity index (χ4v) is 2.56. The van der Waals surface area contributed by atoms with E-state index in [1.54, 1.807) is 36.8 Å². The van der Waals surface area contributed by atoms with Gasteiger partial charge in [-0.05, 0) is 36.1 Å². The zero-order valence-electron chi connectivity index (χ0n) is 15.0. The highest BCUT2D eigenvalue weighted by molar-refractivity contribution is 6.00. The molecule has 1 aromatic heterocycles. The topological polar surface area (TPSA) is 107 Å². The minimum atomic E-state index is -1.04. The van der Waals surface area contributed by atoms with Crippen molar-refractivity contribution < 1.29 is 14.7 Å². The average Bonchev–Trinajstić information content (AvgIpc) is 3.12. The highest BCUT2D eigenvalue weighted by Crippen LogP contribution is 2.18. The third kappa shape index (κ3) is 5.20. The van der Waals surface area contributed by atoms with Crippen LogP contribution in [0.2, 0.25) is 0 Å². The molecule has 0 unspecified atom stereocenters. The van der Waals surface area contributed by atoms with Gasteiger partial charge >= 0.3 is 5.97 Å². The molecule has 0 spiro atoms. The van der Waals surface area contributed by atoms with Crippen LogP contribution >= 0.6 is 0 Å². The molecule has 1 amide bonds. The van der Waals surface area contributed by atoms with Crippen LogP contribution in [-0.2, 0) is 11.3 Å². The Labute approximate surface area is 152 Å². The summed E-state index contributed by atoms with van der Waals surface area (Å²) in [6.45, 7) is 8.14. The van der Waals surface area contributed by atoms with E-state index in [2.05, 4.69) is 27.2 Å². The number of carbonyl (C=O) groups is 2. The Kier molecular flexibility index (Phi) is 6.54. The number of aliphatic carboxylic acids is 1. The highest BCUT2D eigenvalue weighted by atomic mass is 16.4. The fraction of sp³-hybridized carbons (Fsp3) is 0.316. The Hall–Kier alpha value is -3.09. The van der Waals surface area contributed by atoms with E-state index < -0.39 is 17.9 Å². The van der Waals surface area contributed by atoms with Gasteiger partial charge < -0.3 is 20.7 Å². The van der Waals surface area contributed by atoms with Crippen molar-refractivity contribution in [1.82, 2.24) is 15.3 Å². The van der Waals surface area contributed by atoms with E-state index in [4.69, 9.17) is 0 Å². The van der Waals surface area contributed by atoms with Gasteiger partial charge in [-0.2, -0.15) is 0 Å². The van der Waals surface area contributed by atoms with Gasteiger partial charge in [0.1, 0.15) is 6.04 Å². The summed E-state index contributed by atoms with van der Waals surface area (Å²) in [6.07, 6.45) is 5.28. The van der Waals surface area contributed by atoms with Crippen LogP contribution in [0.5, 0.6) is 0 Å². The SMILES string of the molecule is C=Cc1cc(NCc2cnc[nH]2)ccc1C(=O)N[C@@H](CC(C)C)C(=O)O. The van der Waals surface area contributed by atoms with E-state index in [0.29, 0.717) is 24.1 Å². The lowest BCUT2D eigenvalue weighted by atomic mass is 10.0. The predicted octanol–water partition coefficient (Wildman–Crippen LogP) is 2.89. The van der Waals surface area contributed by atoms with E-state index in [9.17, 15) is 14.7 Å². The maximum Gasteiger partial charge on any atom is 0.326 e. The Morgan fingerprint density at radius 1 is 1.38 bits per heavy atom. The number of benzene rings is 1. The molecule has 0 aliphatic rings. The van der Waals surface area contributed by atoms with Crippen molar-refractivity contribution in [3.05, 3.63) is 54.1 Å². The number of hydrogen-bond acceptors (Lipinski definition) is 4. The number of hydrogen-bond donors (Lipinski definition) is 4.